The predicted octanol–water partition coefficient (Wildman–Crippen LogP) is 2.03. The zero-order chi connectivity index (χ0) is 7.84. The molecule has 1 nitrogen and oxygen atoms in total. The first-order valence-corrected chi connectivity index (χ1v) is 5.00. The zero-order valence-corrected chi connectivity index (χ0v) is 7.64. The maximum Gasteiger partial charge on any atom is 0.0101 e. The fourth-order valence-corrected chi connectivity index (χ4v) is 2.81. The van der Waals surface area contributed by atoms with Gasteiger partial charge in [-0.05, 0) is 37.1 Å². The highest BCUT2D eigenvalue weighted by atomic mass is 15.0. The lowest BCUT2D eigenvalue weighted by Crippen LogP contribution is -2.33. The minimum absolute atomic E-state index is 0.869. The number of rotatable bonds is 0. The third-order valence-electron chi connectivity index (χ3n) is 3.60. The largest absolute Gasteiger partial charge is 0.313 e. The van der Waals surface area contributed by atoms with E-state index in [4.69, 9.17) is 0 Å². The summed E-state index contributed by atoms with van der Waals surface area (Å²) in [5.41, 5.74) is 0. The van der Waals surface area contributed by atoms with E-state index in [1.165, 1.54) is 25.8 Å². The molecule has 1 saturated carbocycles. The highest BCUT2D eigenvalue weighted by molar-refractivity contribution is 4.92. The summed E-state index contributed by atoms with van der Waals surface area (Å²) in [4.78, 5) is 0. The molecule has 11 heavy (non-hydrogen) atoms. The van der Waals surface area contributed by atoms with E-state index in [0.29, 0.717) is 0 Å². The van der Waals surface area contributed by atoms with E-state index in [0.717, 1.165) is 23.8 Å². The first-order chi connectivity index (χ1) is 5.27. The number of nitrogens with one attached hydrogen (secondary N) is 1. The predicted molar refractivity (Wildman–Crippen MR) is 47.5 cm³/mol. The molecule has 0 aromatic carbocycles. The van der Waals surface area contributed by atoms with Crippen LogP contribution in [0.15, 0.2) is 0 Å². The molecule has 0 spiro atoms. The van der Waals surface area contributed by atoms with Gasteiger partial charge in [0.2, 0.25) is 0 Å². The Morgan fingerprint density at radius 1 is 1.18 bits per heavy atom. The van der Waals surface area contributed by atoms with Crippen molar-refractivity contribution in [1.29, 1.82) is 0 Å². The summed E-state index contributed by atoms with van der Waals surface area (Å²) in [6.07, 6.45) is 4.36. The van der Waals surface area contributed by atoms with Crippen LogP contribution in [0.2, 0.25) is 0 Å². The van der Waals surface area contributed by atoms with Gasteiger partial charge in [-0.2, -0.15) is 0 Å². The van der Waals surface area contributed by atoms with Gasteiger partial charge >= 0.3 is 0 Å². The van der Waals surface area contributed by atoms with Crippen LogP contribution in [0.4, 0.5) is 0 Å². The third kappa shape index (κ3) is 1.31. The van der Waals surface area contributed by atoms with E-state index in [1.54, 1.807) is 0 Å². The van der Waals surface area contributed by atoms with Gasteiger partial charge in [0.1, 0.15) is 0 Å². The summed E-state index contributed by atoms with van der Waals surface area (Å²) in [5, 5.41) is 3.64. The molecule has 0 aromatic rings. The van der Waals surface area contributed by atoms with Crippen molar-refractivity contribution in [2.75, 3.05) is 6.54 Å². The standard InChI is InChI=1S/C10H19N/c1-7-3-4-9-8(2)6-11-10(9)5-7/h7-11H,3-6H2,1-2H3/t7-,8?,9+,10+/m0/s1. The van der Waals surface area contributed by atoms with Crippen LogP contribution in [0.3, 0.4) is 0 Å². The van der Waals surface area contributed by atoms with Gasteiger partial charge in [-0.25, -0.2) is 0 Å². The SMILES string of the molecule is CC1CN[C@@H]2C[C@@H](C)CC[C@H]12. The van der Waals surface area contributed by atoms with E-state index in [2.05, 4.69) is 19.2 Å². The van der Waals surface area contributed by atoms with E-state index in [9.17, 15) is 0 Å². The van der Waals surface area contributed by atoms with Gasteiger partial charge in [-0.1, -0.05) is 20.3 Å². The second-order valence-electron chi connectivity index (χ2n) is 4.57. The summed E-state index contributed by atoms with van der Waals surface area (Å²) in [6, 6.07) is 0.869. The molecule has 4 atom stereocenters. The lowest BCUT2D eigenvalue weighted by Gasteiger charge is -2.31. The minimum Gasteiger partial charge on any atom is -0.313 e. The van der Waals surface area contributed by atoms with E-state index < -0.39 is 0 Å². The Kier molecular flexibility index (Phi) is 1.92. The smallest absolute Gasteiger partial charge is 0.0101 e. The fraction of sp³-hybridized carbons (Fsp3) is 1.00. The van der Waals surface area contributed by atoms with E-state index >= 15 is 0 Å². The van der Waals surface area contributed by atoms with E-state index in [1.807, 2.05) is 0 Å². The third-order valence-corrected chi connectivity index (χ3v) is 3.60. The van der Waals surface area contributed by atoms with Gasteiger partial charge in [0.25, 0.3) is 0 Å². The van der Waals surface area contributed by atoms with Crippen molar-refractivity contribution in [3.05, 3.63) is 0 Å². The Bertz CT molecular complexity index is 144. The molecule has 0 radical (unpaired) electrons. The minimum atomic E-state index is 0.869. The van der Waals surface area contributed by atoms with Gasteiger partial charge < -0.3 is 5.32 Å². The summed E-state index contributed by atoms with van der Waals surface area (Å²) in [6.45, 7) is 6.05. The summed E-state index contributed by atoms with van der Waals surface area (Å²) in [7, 11) is 0. The Labute approximate surface area is 69.6 Å². The molecule has 0 bridgehead atoms. The molecule has 0 amide bonds. The highest BCUT2D eigenvalue weighted by Gasteiger charge is 2.36. The van der Waals surface area contributed by atoms with Crippen molar-refractivity contribution in [3.63, 3.8) is 0 Å². The molecule has 0 aromatic heterocycles. The van der Waals surface area contributed by atoms with Crippen LogP contribution >= 0.6 is 0 Å². The molecule has 64 valence electrons. The van der Waals surface area contributed by atoms with Gasteiger partial charge in [0.05, 0.1) is 0 Å². The molecule has 1 heterocycles. The number of hydrogen-bond donors (Lipinski definition) is 1. The topological polar surface area (TPSA) is 12.0 Å². The van der Waals surface area contributed by atoms with E-state index in [-0.39, 0.29) is 0 Å². The monoisotopic (exact) mass is 153 g/mol. The maximum absolute atomic E-state index is 3.64. The van der Waals surface area contributed by atoms with Crippen LogP contribution in [0, 0.1) is 17.8 Å². The summed E-state index contributed by atoms with van der Waals surface area (Å²) in [5.74, 6) is 2.91. The maximum atomic E-state index is 3.64. The normalized spacial score (nSPS) is 50.7. The molecule has 2 aliphatic rings. The zero-order valence-electron chi connectivity index (χ0n) is 7.64. The van der Waals surface area contributed by atoms with Crippen molar-refractivity contribution >= 4 is 0 Å². The van der Waals surface area contributed by atoms with Crippen LogP contribution in [-0.2, 0) is 0 Å². The first kappa shape index (κ1) is 7.60. The molecule has 2 fully saturated rings. The molecular formula is C10H19N. The van der Waals surface area contributed by atoms with Crippen LogP contribution in [0.25, 0.3) is 0 Å². The van der Waals surface area contributed by atoms with Crippen LogP contribution in [-0.4, -0.2) is 12.6 Å². The van der Waals surface area contributed by atoms with Crippen LogP contribution in [0.5, 0.6) is 0 Å². The highest BCUT2D eigenvalue weighted by Crippen LogP contribution is 2.36. The lowest BCUT2D eigenvalue weighted by atomic mass is 9.76. The van der Waals surface area contributed by atoms with Gasteiger partial charge in [-0.15, -0.1) is 0 Å². The summed E-state index contributed by atoms with van der Waals surface area (Å²) < 4.78 is 0. The van der Waals surface area contributed by atoms with Crippen LogP contribution < -0.4 is 5.32 Å². The van der Waals surface area contributed by atoms with Gasteiger partial charge in [0.15, 0.2) is 0 Å². The second kappa shape index (κ2) is 2.78. The van der Waals surface area contributed by atoms with Crippen molar-refractivity contribution in [2.24, 2.45) is 17.8 Å². The average Bonchev–Trinajstić information content (AvgIpc) is 2.32. The Balaban J connectivity index is 2.00. The lowest BCUT2D eigenvalue weighted by molar-refractivity contribution is 0.234. The van der Waals surface area contributed by atoms with Gasteiger partial charge in [0, 0.05) is 6.04 Å². The molecule has 1 N–H and O–H groups in total. The van der Waals surface area contributed by atoms with Crippen molar-refractivity contribution < 1.29 is 0 Å². The van der Waals surface area contributed by atoms with Crippen molar-refractivity contribution in [2.45, 2.75) is 39.2 Å². The van der Waals surface area contributed by atoms with Gasteiger partial charge in [-0.3, -0.25) is 0 Å². The Morgan fingerprint density at radius 2 is 2.00 bits per heavy atom. The molecular weight excluding hydrogens is 134 g/mol. The second-order valence-corrected chi connectivity index (χ2v) is 4.57. The fourth-order valence-electron chi connectivity index (χ4n) is 2.81. The Hall–Kier alpha value is -0.0400. The molecule has 1 unspecified atom stereocenters. The quantitative estimate of drug-likeness (QED) is 0.561. The molecule has 1 aliphatic heterocycles. The van der Waals surface area contributed by atoms with Crippen molar-refractivity contribution in [1.82, 2.24) is 5.32 Å². The Morgan fingerprint density at radius 3 is 2.82 bits per heavy atom. The molecule has 1 heteroatoms. The first-order valence-electron chi connectivity index (χ1n) is 5.00. The number of hydrogen-bond acceptors (Lipinski definition) is 1. The van der Waals surface area contributed by atoms with Crippen molar-refractivity contribution in [3.8, 4) is 0 Å². The molecule has 2 rings (SSSR count). The number of fused-ring (bicyclic) bond motifs is 1. The summed E-state index contributed by atoms with van der Waals surface area (Å²) >= 11 is 0. The average molecular weight is 153 g/mol. The van der Waals surface area contributed by atoms with Crippen LogP contribution in [0.1, 0.15) is 33.1 Å². The molecule has 1 saturated heterocycles. The molecule has 1 aliphatic carbocycles.